The molecule has 2 nitrogen and oxygen atoms in total. The first kappa shape index (κ1) is 16.4. The van der Waals surface area contributed by atoms with E-state index in [4.69, 9.17) is 4.74 Å². The monoisotopic (exact) mass is 281 g/mol. The maximum absolute atomic E-state index is 5.70. The Morgan fingerprint density at radius 3 is 2.95 bits per heavy atom. The highest BCUT2D eigenvalue weighted by Crippen LogP contribution is 2.22. The van der Waals surface area contributed by atoms with Crippen LogP contribution in [0.4, 0.5) is 0 Å². The molecular formula is C16H27NOS. The lowest BCUT2D eigenvalue weighted by atomic mass is 10.2. The van der Waals surface area contributed by atoms with Crippen LogP contribution in [0.3, 0.4) is 0 Å². The molecule has 0 amide bonds. The molecule has 0 atom stereocenters. The number of hydrogen-bond acceptors (Lipinski definition) is 3. The zero-order chi connectivity index (χ0) is 14.1. The van der Waals surface area contributed by atoms with E-state index in [2.05, 4.69) is 38.7 Å². The Balaban J connectivity index is 2.30. The van der Waals surface area contributed by atoms with E-state index in [9.17, 15) is 0 Å². The third-order valence-corrected chi connectivity index (χ3v) is 3.97. The number of nitrogens with one attached hydrogen (secondary N) is 1. The average Bonchev–Trinajstić information content (AvgIpc) is 2.69. The quantitative estimate of drug-likeness (QED) is 0.510. The number of thiophene rings is 1. The van der Waals surface area contributed by atoms with Crippen molar-refractivity contribution in [2.75, 3.05) is 13.2 Å². The fourth-order valence-electron chi connectivity index (χ4n) is 1.81. The standard InChI is InChI=1S/C16H27NOS/c1-5-6-7-8-18-12-15-9-16(19-14(15)4)11-17-10-13(2)3/h5,9,13,17H,1,6-8,10-12H2,2-4H3. The van der Waals surface area contributed by atoms with E-state index < -0.39 is 0 Å². The molecule has 0 bridgehead atoms. The Bertz CT molecular complexity index is 371. The van der Waals surface area contributed by atoms with Crippen molar-refractivity contribution in [3.05, 3.63) is 34.0 Å². The van der Waals surface area contributed by atoms with Crippen LogP contribution in [0.2, 0.25) is 0 Å². The van der Waals surface area contributed by atoms with Crippen molar-refractivity contribution in [3.8, 4) is 0 Å². The Kier molecular flexibility index (Phi) is 8.03. The van der Waals surface area contributed by atoms with E-state index in [0.29, 0.717) is 5.92 Å². The van der Waals surface area contributed by atoms with Gasteiger partial charge in [0.2, 0.25) is 0 Å². The van der Waals surface area contributed by atoms with Gasteiger partial charge in [-0.2, -0.15) is 0 Å². The lowest BCUT2D eigenvalue weighted by Crippen LogP contribution is -2.18. The van der Waals surface area contributed by atoms with Gasteiger partial charge in [-0.05, 0) is 43.9 Å². The fourth-order valence-corrected chi connectivity index (χ4v) is 2.83. The first-order chi connectivity index (χ1) is 9.13. The number of unbranched alkanes of at least 4 members (excludes halogenated alkanes) is 1. The van der Waals surface area contributed by atoms with E-state index in [1.165, 1.54) is 15.3 Å². The molecule has 0 aliphatic carbocycles. The summed E-state index contributed by atoms with van der Waals surface area (Å²) < 4.78 is 5.70. The molecule has 0 aromatic carbocycles. The molecule has 108 valence electrons. The number of hydrogen-bond donors (Lipinski definition) is 1. The van der Waals surface area contributed by atoms with Gasteiger partial charge in [-0.3, -0.25) is 0 Å². The molecule has 0 radical (unpaired) electrons. The van der Waals surface area contributed by atoms with Crippen molar-refractivity contribution >= 4 is 11.3 Å². The van der Waals surface area contributed by atoms with Crippen molar-refractivity contribution in [2.24, 2.45) is 5.92 Å². The summed E-state index contributed by atoms with van der Waals surface area (Å²) in [4.78, 5) is 2.79. The van der Waals surface area contributed by atoms with Gasteiger partial charge in [-0.15, -0.1) is 17.9 Å². The Hall–Kier alpha value is -0.640. The van der Waals surface area contributed by atoms with Gasteiger partial charge >= 0.3 is 0 Å². The summed E-state index contributed by atoms with van der Waals surface area (Å²) in [6, 6.07) is 2.28. The van der Waals surface area contributed by atoms with Crippen LogP contribution in [0, 0.1) is 12.8 Å². The van der Waals surface area contributed by atoms with Gasteiger partial charge in [0, 0.05) is 22.9 Å². The molecule has 1 aromatic heterocycles. The minimum absolute atomic E-state index is 0.703. The second-order valence-electron chi connectivity index (χ2n) is 5.30. The van der Waals surface area contributed by atoms with Crippen molar-refractivity contribution in [1.82, 2.24) is 5.32 Å². The van der Waals surface area contributed by atoms with Gasteiger partial charge in [-0.25, -0.2) is 0 Å². The summed E-state index contributed by atoms with van der Waals surface area (Å²) in [5.41, 5.74) is 1.34. The highest BCUT2D eigenvalue weighted by Gasteiger charge is 2.05. The second kappa shape index (κ2) is 9.29. The van der Waals surface area contributed by atoms with Crippen LogP contribution in [0.25, 0.3) is 0 Å². The van der Waals surface area contributed by atoms with E-state index in [0.717, 1.165) is 39.1 Å². The van der Waals surface area contributed by atoms with E-state index in [1.807, 2.05) is 17.4 Å². The van der Waals surface area contributed by atoms with Gasteiger partial charge < -0.3 is 10.1 Å². The molecule has 0 fully saturated rings. The van der Waals surface area contributed by atoms with Crippen LogP contribution < -0.4 is 5.32 Å². The molecule has 3 heteroatoms. The maximum atomic E-state index is 5.70. The zero-order valence-corrected chi connectivity index (χ0v) is 13.3. The number of allylic oxidation sites excluding steroid dienone is 1. The predicted octanol–water partition coefficient (Wildman–Crippen LogP) is 4.28. The second-order valence-corrected chi connectivity index (χ2v) is 6.64. The summed E-state index contributed by atoms with van der Waals surface area (Å²) in [6.45, 7) is 14.0. The largest absolute Gasteiger partial charge is 0.377 e. The molecule has 0 saturated carbocycles. The van der Waals surface area contributed by atoms with Crippen molar-refractivity contribution in [2.45, 2.75) is 46.8 Å². The summed E-state index contributed by atoms with van der Waals surface area (Å²) >= 11 is 1.88. The fraction of sp³-hybridized carbons (Fsp3) is 0.625. The first-order valence-electron chi connectivity index (χ1n) is 7.11. The normalized spacial score (nSPS) is 11.2. The third-order valence-electron chi connectivity index (χ3n) is 2.88. The van der Waals surface area contributed by atoms with E-state index >= 15 is 0 Å². The Labute approximate surface area is 121 Å². The molecular weight excluding hydrogens is 254 g/mol. The molecule has 19 heavy (non-hydrogen) atoms. The maximum Gasteiger partial charge on any atom is 0.0727 e. The van der Waals surface area contributed by atoms with Crippen LogP contribution >= 0.6 is 11.3 Å². The first-order valence-corrected chi connectivity index (χ1v) is 7.92. The third kappa shape index (κ3) is 6.90. The molecule has 0 unspecified atom stereocenters. The summed E-state index contributed by atoms with van der Waals surface area (Å²) in [6.07, 6.45) is 4.04. The van der Waals surface area contributed by atoms with Crippen molar-refractivity contribution in [1.29, 1.82) is 0 Å². The average molecular weight is 281 g/mol. The van der Waals surface area contributed by atoms with Crippen molar-refractivity contribution < 1.29 is 4.74 Å². The van der Waals surface area contributed by atoms with Crippen LogP contribution in [0.15, 0.2) is 18.7 Å². The van der Waals surface area contributed by atoms with Gasteiger partial charge in [0.1, 0.15) is 0 Å². The highest BCUT2D eigenvalue weighted by atomic mass is 32.1. The molecule has 0 aliphatic heterocycles. The summed E-state index contributed by atoms with van der Waals surface area (Å²) in [5.74, 6) is 0.703. The SMILES string of the molecule is C=CCCCOCc1cc(CNCC(C)C)sc1C. The van der Waals surface area contributed by atoms with E-state index in [-0.39, 0.29) is 0 Å². The van der Waals surface area contributed by atoms with Crippen LogP contribution in [-0.2, 0) is 17.9 Å². The molecule has 1 heterocycles. The molecule has 1 N–H and O–H groups in total. The van der Waals surface area contributed by atoms with Crippen LogP contribution in [0.5, 0.6) is 0 Å². The number of rotatable bonds is 10. The molecule has 0 aliphatic rings. The minimum Gasteiger partial charge on any atom is -0.377 e. The van der Waals surface area contributed by atoms with Gasteiger partial charge in [-0.1, -0.05) is 19.9 Å². The van der Waals surface area contributed by atoms with Crippen LogP contribution in [-0.4, -0.2) is 13.2 Å². The van der Waals surface area contributed by atoms with Crippen molar-refractivity contribution in [3.63, 3.8) is 0 Å². The minimum atomic E-state index is 0.703. The van der Waals surface area contributed by atoms with E-state index in [1.54, 1.807) is 0 Å². The summed E-state index contributed by atoms with van der Waals surface area (Å²) in [5, 5.41) is 3.48. The smallest absolute Gasteiger partial charge is 0.0727 e. The lowest BCUT2D eigenvalue weighted by Gasteiger charge is -2.05. The Morgan fingerprint density at radius 2 is 2.26 bits per heavy atom. The number of aryl methyl sites for hydroxylation is 1. The van der Waals surface area contributed by atoms with Gasteiger partial charge in [0.25, 0.3) is 0 Å². The van der Waals surface area contributed by atoms with Crippen LogP contribution in [0.1, 0.15) is 42.0 Å². The van der Waals surface area contributed by atoms with Gasteiger partial charge in [0.05, 0.1) is 6.61 Å². The summed E-state index contributed by atoms with van der Waals surface area (Å²) in [7, 11) is 0. The molecule has 0 saturated heterocycles. The topological polar surface area (TPSA) is 21.3 Å². The highest BCUT2D eigenvalue weighted by molar-refractivity contribution is 7.12. The predicted molar refractivity (Wildman–Crippen MR) is 84.7 cm³/mol. The molecule has 0 spiro atoms. The lowest BCUT2D eigenvalue weighted by molar-refractivity contribution is 0.119. The Morgan fingerprint density at radius 1 is 1.47 bits per heavy atom. The van der Waals surface area contributed by atoms with Gasteiger partial charge in [0.15, 0.2) is 0 Å². The molecule has 1 rings (SSSR count). The molecule has 1 aromatic rings. The zero-order valence-electron chi connectivity index (χ0n) is 12.5. The number of ether oxygens (including phenoxy) is 1.